The fraction of sp³-hybridized carbons (Fsp3) is 0.400. The molecule has 0 radical (unpaired) electrons. The first-order valence-electron chi connectivity index (χ1n) is 6.94. The van der Waals surface area contributed by atoms with Crippen LogP contribution in [0.5, 0.6) is 5.75 Å². The lowest BCUT2D eigenvalue weighted by atomic mass is 10.2. The molecule has 0 fully saturated rings. The highest BCUT2D eigenvalue weighted by atomic mass is 35.5. The van der Waals surface area contributed by atoms with Gasteiger partial charge in [0.1, 0.15) is 17.4 Å². The van der Waals surface area contributed by atoms with Gasteiger partial charge < -0.3 is 10.1 Å². The van der Waals surface area contributed by atoms with Gasteiger partial charge in [-0.1, -0.05) is 11.6 Å². The van der Waals surface area contributed by atoms with E-state index in [1.54, 1.807) is 30.0 Å². The average molecular weight is 323 g/mol. The third-order valence-electron chi connectivity index (χ3n) is 3.24. The molecule has 1 aromatic carbocycles. The molecule has 6 nitrogen and oxygen atoms in total. The number of hydrogen-bond donors (Lipinski definition) is 1. The molecule has 7 heteroatoms. The second-order valence-electron chi connectivity index (χ2n) is 5.10. The van der Waals surface area contributed by atoms with E-state index in [-0.39, 0.29) is 18.4 Å². The van der Waals surface area contributed by atoms with Crippen LogP contribution in [0.2, 0.25) is 5.02 Å². The van der Waals surface area contributed by atoms with Crippen molar-refractivity contribution in [1.29, 1.82) is 0 Å². The van der Waals surface area contributed by atoms with Crippen LogP contribution in [0.25, 0.3) is 0 Å². The average Bonchev–Trinajstić information content (AvgIpc) is 2.78. The van der Waals surface area contributed by atoms with Gasteiger partial charge in [-0.25, -0.2) is 9.67 Å². The Morgan fingerprint density at radius 1 is 1.45 bits per heavy atom. The largest absolute Gasteiger partial charge is 0.495 e. The van der Waals surface area contributed by atoms with Crippen molar-refractivity contribution in [2.75, 3.05) is 12.4 Å². The summed E-state index contributed by atoms with van der Waals surface area (Å²) < 4.78 is 6.97. The molecular formula is C15H19ClN4O2. The highest BCUT2D eigenvalue weighted by Crippen LogP contribution is 2.28. The van der Waals surface area contributed by atoms with Crippen molar-refractivity contribution in [3.63, 3.8) is 0 Å². The van der Waals surface area contributed by atoms with Crippen molar-refractivity contribution < 1.29 is 9.53 Å². The molecule has 1 atom stereocenters. The predicted molar refractivity (Wildman–Crippen MR) is 85.5 cm³/mol. The number of ether oxygens (including phenoxy) is 1. The highest BCUT2D eigenvalue weighted by Gasteiger charge is 2.16. The van der Waals surface area contributed by atoms with Crippen LogP contribution in [0.1, 0.15) is 31.0 Å². The maximum Gasteiger partial charge on any atom is 0.226 e. The predicted octanol–water partition coefficient (Wildman–Crippen LogP) is 3.15. The van der Waals surface area contributed by atoms with Crippen molar-refractivity contribution in [2.45, 2.75) is 33.2 Å². The van der Waals surface area contributed by atoms with E-state index >= 15 is 0 Å². The minimum atomic E-state index is -0.138. The van der Waals surface area contributed by atoms with Crippen molar-refractivity contribution in [3.8, 4) is 5.75 Å². The first kappa shape index (κ1) is 16.3. The van der Waals surface area contributed by atoms with Gasteiger partial charge >= 0.3 is 0 Å². The van der Waals surface area contributed by atoms with Crippen molar-refractivity contribution in [1.82, 2.24) is 14.8 Å². The molecular weight excluding hydrogens is 304 g/mol. The van der Waals surface area contributed by atoms with Crippen molar-refractivity contribution in [2.24, 2.45) is 0 Å². The first-order valence-corrected chi connectivity index (χ1v) is 7.31. The molecule has 0 saturated carbocycles. The van der Waals surface area contributed by atoms with Gasteiger partial charge in [-0.3, -0.25) is 4.79 Å². The molecule has 0 spiro atoms. The number of aryl methyl sites for hydroxylation is 2. The van der Waals surface area contributed by atoms with Crippen LogP contribution in [-0.2, 0) is 4.79 Å². The second-order valence-corrected chi connectivity index (χ2v) is 5.53. The smallest absolute Gasteiger partial charge is 0.226 e. The number of methoxy groups -OCH3 is 1. The summed E-state index contributed by atoms with van der Waals surface area (Å²) in [5, 5.41) is 7.65. The third kappa shape index (κ3) is 3.76. The molecule has 0 aliphatic rings. The minimum Gasteiger partial charge on any atom is -0.495 e. The number of amides is 1. The second kappa shape index (κ2) is 6.79. The summed E-state index contributed by atoms with van der Waals surface area (Å²) in [7, 11) is 1.54. The van der Waals surface area contributed by atoms with Crippen LogP contribution in [0, 0.1) is 13.8 Å². The Hall–Kier alpha value is -2.08. The van der Waals surface area contributed by atoms with E-state index in [4.69, 9.17) is 16.3 Å². The number of rotatable bonds is 5. The van der Waals surface area contributed by atoms with E-state index in [1.807, 2.05) is 20.8 Å². The Balaban J connectivity index is 2.07. The number of nitrogens with one attached hydrogen (secondary N) is 1. The summed E-state index contributed by atoms with van der Waals surface area (Å²) in [5.41, 5.74) is 0.554. The molecule has 0 saturated heterocycles. The minimum absolute atomic E-state index is 0.0913. The molecule has 0 unspecified atom stereocenters. The normalized spacial score (nSPS) is 12.0. The van der Waals surface area contributed by atoms with Crippen molar-refractivity contribution in [3.05, 3.63) is 34.9 Å². The summed E-state index contributed by atoms with van der Waals surface area (Å²) in [6.45, 7) is 5.62. The Morgan fingerprint density at radius 2 is 2.18 bits per heavy atom. The zero-order valence-corrected chi connectivity index (χ0v) is 13.8. The highest BCUT2D eigenvalue weighted by molar-refractivity contribution is 6.31. The Bertz CT molecular complexity index is 684. The van der Waals surface area contributed by atoms with E-state index in [1.165, 1.54) is 0 Å². The molecule has 1 N–H and O–H groups in total. The van der Waals surface area contributed by atoms with E-state index in [2.05, 4.69) is 15.4 Å². The number of aromatic nitrogens is 3. The summed E-state index contributed by atoms with van der Waals surface area (Å²) >= 11 is 5.95. The number of carbonyl (C=O) groups is 1. The lowest BCUT2D eigenvalue weighted by Gasteiger charge is -2.14. The van der Waals surface area contributed by atoms with E-state index in [9.17, 15) is 4.79 Å². The first-order chi connectivity index (χ1) is 10.4. The Morgan fingerprint density at radius 3 is 2.77 bits per heavy atom. The quantitative estimate of drug-likeness (QED) is 0.918. The lowest BCUT2D eigenvalue weighted by Crippen LogP contribution is -2.19. The molecule has 0 bridgehead atoms. The molecule has 118 valence electrons. The number of nitrogens with zero attached hydrogens (tertiary/aromatic N) is 3. The molecule has 1 amide bonds. The standard InChI is InChI=1S/C15H19ClN4O2/c1-9(20-11(3)17-10(2)19-20)7-15(21)18-13-8-12(16)5-6-14(13)22-4/h5-6,8-9H,7H2,1-4H3,(H,18,21)/t9-/m1/s1. The van der Waals surface area contributed by atoms with Crippen LogP contribution in [0.4, 0.5) is 5.69 Å². The zero-order valence-electron chi connectivity index (χ0n) is 13.1. The molecule has 0 aliphatic heterocycles. The van der Waals surface area contributed by atoms with Crippen molar-refractivity contribution >= 4 is 23.2 Å². The molecule has 2 aromatic rings. The summed E-state index contributed by atoms with van der Waals surface area (Å²) in [6, 6.07) is 4.99. The maximum absolute atomic E-state index is 12.2. The number of anilines is 1. The molecule has 1 heterocycles. The molecule has 0 aliphatic carbocycles. The van der Waals surface area contributed by atoms with Gasteiger partial charge in [-0.2, -0.15) is 5.10 Å². The monoisotopic (exact) mass is 322 g/mol. The fourth-order valence-electron chi connectivity index (χ4n) is 2.29. The van der Waals surface area contributed by atoms with Gasteiger partial charge in [-0.15, -0.1) is 0 Å². The fourth-order valence-corrected chi connectivity index (χ4v) is 2.46. The summed E-state index contributed by atoms with van der Waals surface area (Å²) in [6.07, 6.45) is 0.277. The topological polar surface area (TPSA) is 69.0 Å². The number of halogens is 1. The zero-order chi connectivity index (χ0) is 16.3. The number of benzene rings is 1. The Labute approximate surface area is 134 Å². The van der Waals surface area contributed by atoms with Crippen LogP contribution >= 0.6 is 11.6 Å². The molecule has 22 heavy (non-hydrogen) atoms. The van der Waals surface area contributed by atoms with Crippen LogP contribution in [-0.4, -0.2) is 27.8 Å². The summed E-state index contributed by atoms with van der Waals surface area (Å²) in [4.78, 5) is 16.5. The van der Waals surface area contributed by atoms with Crippen LogP contribution in [0.15, 0.2) is 18.2 Å². The SMILES string of the molecule is COc1ccc(Cl)cc1NC(=O)C[C@@H](C)n1nc(C)nc1C. The van der Waals surface area contributed by atoms with Gasteiger partial charge in [-0.05, 0) is 39.0 Å². The maximum atomic E-state index is 12.2. The van der Waals surface area contributed by atoms with Gasteiger partial charge in [0.05, 0.1) is 18.8 Å². The van der Waals surface area contributed by atoms with Gasteiger partial charge in [0.25, 0.3) is 0 Å². The molecule has 2 rings (SSSR count). The van der Waals surface area contributed by atoms with Crippen LogP contribution < -0.4 is 10.1 Å². The van der Waals surface area contributed by atoms with Crippen LogP contribution in [0.3, 0.4) is 0 Å². The molecule has 1 aromatic heterocycles. The Kier molecular flexibility index (Phi) is 5.03. The summed E-state index contributed by atoms with van der Waals surface area (Å²) in [5.74, 6) is 1.92. The lowest BCUT2D eigenvalue weighted by molar-refractivity contribution is -0.116. The number of carbonyl (C=O) groups excluding carboxylic acids is 1. The third-order valence-corrected chi connectivity index (χ3v) is 3.48. The van der Waals surface area contributed by atoms with Gasteiger partial charge in [0.15, 0.2) is 0 Å². The van der Waals surface area contributed by atoms with Gasteiger partial charge in [0.2, 0.25) is 5.91 Å². The van der Waals surface area contributed by atoms with E-state index < -0.39 is 0 Å². The number of hydrogen-bond acceptors (Lipinski definition) is 4. The van der Waals surface area contributed by atoms with E-state index in [0.29, 0.717) is 22.3 Å². The van der Waals surface area contributed by atoms with E-state index in [0.717, 1.165) is 5.82 Å². The van der Waals surface area contributed by atoms with Gasteiger partial charge in [0, 0.05) is 11.4 Å².